The van der Waals surface area contributed by atoms with Crippen molar-refractivity contribution in [3.05, 3.63) is 52.0 Å². The zero-order valence-electron chi connectivity index (χ0n) is 17.4. The number of piperidine rings is 1. The van der Waals surface area contributed by atoms with Crippen LogP contribution >= 0.6 is 11.3 Å². The normalized spacial score (nSPS) is 21.3. The molecular weight excluding hydrogens is 447 g/mol. The SMILES string of the molecule is Cc1ccc(C(=O)N2CC[C@@H]3OCCN(Cc4cccnc4)[C@H]3C2)s1.O=C(O)C(F)(F)F. The molecule has 0 aliphatic carbocycles. The van der Waals surface area contributed by atoms with E-state index in [1.165, 1.54) is 10.4 Å². The highest BCUT2D eigenvalue weighted by molar-refractivity contribution is 7.13. The van der Waals surface area contributed by atoms with Gasteiger partial charge in [0, 0.05) is 43.4 Å². The molecule has 2 aromatic rings. The number of nitrogens with zero attached hydrogens (tertiary/aromatic N) is 3. The summed E-state index contributed by atoms with van der Waals surface area (Å²) >= 11 is 1.58. The molecule has 2 fully saturated rings. The molecule has 0 spiro atoms. The minimum Gasteiger partial charge on any atom is -0.475 e. The topological polar surface area (TPSA) is 83.0 Å². The summed E-state index contributed by atoms with van der Waals surface area (Å²) in [6.45, 7) is 6.07. The number of morpholine rings is 1. The Morgan fingerprint density at radius 3 is 2.62 bits per heavy atom. The second-order valence-corrected chi connectivity index (χ2v) is 8.85. The van der Waals surface area contributed by atoms with Crippen molar-refractivity contribution in [2.24, 2.45) is 0 Å². The number of carbonyl (C=O) groups is 2. The average molecular weight is 472 g/mol. The van der Waals surface area contributed by atoms with Crippen molar-refractivity contribution < 1.29 is 32.6 Å². The second-order valence-electron chi connectivity index (χ2n) is 7.56. The molecule has 2 aliphatic heterocycles. The summed E-state index contributed by atoms with van der Waals surface area (Å²) in [6, 6.07) is 8.30. The van der Waals surface area contributed by atoms with Gasteiger partial charge in [-0.15, -0.1) is 11.3 Å². The summed E-state index contributed by atoms with van der Waals surface area (Å²) in [4.78, 5) is 32.4. The summed E-state index contributed by atoms with van der Waals surface area (Å²) in [5.41, 5.74) is 1.21. The van der Waals surface area contributed by atoms with E-state index >= 15 is 0 Å². The number of aliphatic carboxylic acids is 1. The highest BCUT2D eigenvalue weighted by atomic mass is 32.1. The second kappa shape index (κ2) is 10.4. The molecule has 2 aliphatic rings. The van der Waals surface area contributed by atoms with Gasteiger partial charge in [0.1, 0.15) is 0 Å². The molecule has 1 N–H and O–H groups in total. The predicted octanol–water partition coefficient (Wildman–Crippen LogP) is 3.20. The fourth-order valence-corrected chi connectivity index (χ4v) is 4.59. The van der Waals surface area contributed by atoms with Crippen molar-refractivity contribution in [3.8, 4) is 0 Å². The molecule has 2 saturated heterocycles. The third-order valence-electron chi connectivity index (χ3n) is 5.29. The van der Waals surface area contributed by atoms with Crippen molar-refractivity contribution in [2.45, 2.75) is 38.2 Å². The lowest BCUT2D eigenvalue weighted by Crippen LogP contribution is -2.60. The smallest absolute Gasteiger partial charge is 0.475 e. The van der Waals surface area contributed by atoms with E-state index in [1.807, 2.05) is 36.2 Å². The van der Waals surface area contributed by atoms with E-state index in [0.29, 0.717) is 0 Å². The molecule has 11 heteroatoms. The Hall–Kier alpha value is -2.50. The van der Waals surface area contributed by atoms with Crippen LogP contribution in [0.4, 0.5) is 13.2 Å². The number of halogens is 3. The lowest BCUT2D eigenvalue weighted by atomic mass is 9.98. The zero-order valence-corrected chi connectivity index (χ0v) is 18.2. The fourth-order valence-electron chi connectivity index (χ4n) is 3.75. The zero-order chi connectivity index (χ0) is 23.3. The molecule has 1 amide bonds. The molecule has 0 unspecified atom stereocenters. The standard InChI is InChI=1S/C19H23N3O2S.C2HF3O2/c1-14-4-5-18(25-14)19(23)22-8-6-17-16(13-22)21(9-10-24-17)12-15-3-2-7-20-11-15;3-2(4,5)1(6)7/h2-5,7,11,16-17H,6,8-10,12-13H2,1H3;(H,6,7)/t16-,17-;/m0./s1. The molecule has 4 rings (SSSR count). The van der Waals surface area contributed by atoms with Crippen LogP contribution in [-0.4, -0.2) is 76.3 Å². The van der Waals surface area contributed by atoms with E-state index in [1.54, 1.807) is 17.5 Å². The lowest BCUT2D eigenvalue weighted by molar-refractivity contribution is -0.192. The van der Waals surface area contributed by atoms with Crippen LogP contribution in [0.2, 0.25) is 0 Å². The number of thiophene rings is 1. The molecule has 0 saturated carbocycles. The number of aromatic nitrogens is 1. The molecule has 2 atom stereocenters. The third-order valence-corrected chi connectivity index (χ3v) is 6.28. The van der Waals surface area contributed by atoms with Gasteiger partial charge in [0.05, 0.1) is 23.6 Å². The third kappa shape index (κ3) is 6.27. The highest BCUT2D eigenvalue weighted by Gasteiger charge is 2.39. The number of hydrogen-bond donors (Lipinski definition) is 1. The number of carboxylic acids is 1. The molecule has 174 valence electrons. The molecular formula is C21H24F3N3O4S. The summed E-state index contributed by atoms with van der Waals surface area (Å²) in [5.74, 6) is -2.60. The first kappa shape index (κ1) is 24.1. The first-order valence-corrected chi connectivity index (χ1v) is 10.9. The Kier molecular flexibility index (Phi) is 7.86. The van der Waals surface area contributed by atoms with Crippen LogP contribution in [0.15, 0.2) is 36.7 Å². The number of likely N-dealkylation sites (tertiary alicyclic amines) is 1. The van der Waals surface area contributed by atoms with Crippen LogP contribution in [0.1, 0.15) is 26.5 Å². The van der Waals surface area contributed by atoms with Crippen molar-refractivity contribution in [3.63, 3.8) is 0 Å². The van der Waals surface area contributed by atoms with Gasteiger partial charge in [0.2, 0.25) is 0 Å². The number of aryl methyl sites for hydroxylation is 1. The van der Waals surface area contributed by atoms with Gasteiger partial charge in [-0.25, -0.2) is 4.79 Å². The highest BCUT2D eigenvalue weighted by Crippen LogP contribution is 2.27. The number of pyridine rings is 1. The van der Waals surface area contributed by atoms with Crippen LogP contribution in [0.3, 0.4) is 0 Å². The number of ether oxygens (including phenoxy) is 1. The molecule has 32 heavy (non-hydrogen) atoms. The first-order chi connectivity index (χ1) is 15.1. The van der Waals surface area contributed by atoms with Gasteiger partial charge in [-0.3, -0.25) is 14.7 Å². The maximum absolute atomic E-state index is 12.8. The van der Waals surface area contributed by atoms with Crippen LogP contribution in [0.5, 0.6) is 0 Å². The first-order valence-electron chi connectivity index (χ1n) is 10.1. The van der Waals surface area contributed by atoms with Gasteiger partial charge >= 0.3 is 12.1 Å². The molecule has 7 nitrogen and oxygen atoms in total. The molecule has 0 radical (unpaired) electrons. The van der Waals surface area contributed by atoms with Gasteiger partial charge in [-0.2, -0.15) is 13.2 Å². The van der Waals surface area contributed by atoms with Gasteiger partial charge < -0.3 is 14.7 Å². The summed E-state index contributed by atoms with van der Waals surface area (Å²) < 4.78 is 37.7. The van der Waals surface area contributed by atoms with E-state index in [-0.39, 0.29) is 18.1 Å². The molecule has 0 aromatic carbocycles. The van der Waals surface area contributed by atoms with Gasteiger partial charge in [-0.05, 0) is 37.1 Å². The minimum absolute atomic E-state index is 0.156. The Morgan fingerprint density at radius 2 is 2.03 bits per heavy atom. The lowest BCUT2D eigenvalue weighted by Gasteiger charge is -2.47. The van der Waals surface area contributed by atoms with E-state index < -0.39 is 12.1 Å². The maximum Gasteiger partial charge on any atom is 0.490 e. The number of fused-ring (bicyclic) bond motifs is 1. The molecule has 0 bridgehead atoms. The minimum atomic E-state index is -5.08. The number of rotatable bonds is 3. The maximum atomic E-state index is 12.8. The number of carbonyl (C=O) groups excluding carboxylic acids is 1. The molecule has 4 heterocycles. The Balaban J connectivity index is 0.000000360. The van der Waals surface area contributed by atoms with Crippen molar-refractivity contribution in [1.82, 2.24) is 14.8 Å². The van der Waals surface area contributed by atoms with Gasteiger partial charge in [-0.1, -0.05) is 6.07 Å². The quantitative estimate of drug-likeness (QED) is 0.741. The summed E-state index contributed by atoms with van der Waals surface area (Å²) in [5, 5.41) is 7.12. The number of alkyl halides is 3. The molecule has 2 aromatic heterocycles. The Labute approximate surface area is 187 Å². The number of carboxylic acid groups (broad SMARTS) is 1. The van der Waals surface area contributed by atoms with Crippen molar-refractivity contribution >= 4 is 23.2 Å². The van der Waals surface area contributed by atoms with E-state index in [2.05, 4.69) is 16.0 Å². The predicted molar refractivity (Wildman–Crippen MR) is 111 cm³/mol. The Bertz CT molecular complexity index is 923. The van der Waals surface area contributed by atoms with Gasteiger partial charge in [0.25, 0.3) is 5.91 Å². The van der Waals surface area contributed by atoms with Crippen LogP contribution in [0.25, 0.3) is 0 Å². The number of amides is 1. The van der Waals surface area contributed by atoms with Gasteiger partial charge in [0.15, 0.2) is 0 Å². The monoisotopic (exact) mass is 471 g/mol. The fraction of sp³-hybridized carbons (Fsp3) is 0.476. The number of hydrogen-bond acceptors (Lipinski definition) is 6. The Morgan fingerprint density at radius 1 is 1.28 bits per heavy atom. The average Bonchev–Trinajstić information content (AvgIpc) is 3.20. The van der Waals surface area contributed by atoms with E-state index in [4.69, 9.17) is 14.6 Å². The van der Waals surface area contributed by atoms with Crippen LogP contribution < -0.4 is 0 Å². The van der Waals surface area contributed by atoms with Crippen LogP contribution in [-0.2, 0) is 16.1 Å². The largest absolute Gasteiger partial charge is 0.490 e. The van der Waals surface area contributed by atoms with Crippen molar-refractivity contribution in [1.29, 1.82) is 0 Å². The van der Waals surface area contributed by atoms with E-state index in [0.717, 1.165) is 44.1 Å². The summed E-state index contributed by atoms with van der Waals surface area (Å²) in [6.07, 6.45) is -0.232. The van der Waals surface area contributed by atoms with Crippen molar-refractivity contribution in [2.75, 3.05) is 26.2 Å². The van der Waals surface area contributed by atoms with E-state index in [9.17, 15) is 18.0 Å². The van der Waals surface area contributed by atoms with Crippen LogP contribution in [0, 0.1) is 6.92 Å². The summed E-state index contributed by atoms with van der Waals surface area (Å²) in [7, 11) is 0.